The van der Waals surface area contributed by atoms with Crippen molar-refractivity contribution in [3.05, 3.63) is 12.3 Å². The molecule has 0 aliphatic heterocycles. The van der Waals surface area contributed by atoms with E-state index in [2.05, 4.69) is 6.92 Å². The molecule has 0 heterocycles. The van der Waals surface area contributed by atoms with E-state index in [9.17, 15) is 9.46 Å². The Hall–Kier alpha value is -0.430. The fourth-order valence-electron chi connectivity index (χ4n) is 3.23. The summed E-state index contributed by atoms with van der Waals surface area (Å²) in [7, 11) is 3.38. The van der Waals surface area contributed by atoms with E-state index in [1.807, 2.05) is 27.2 Å². The van der Waals surface area contributed by atoms with Gasteiger partial charge in [0.2, 0.25) is 0 Å². The fourth-order valence-corrected chi connectivity index (χ4v) is 3.97. The van der Waals surface area contributed by atoms with E-state index in [-0.39, 0.29) is 19.8 Å². The minimum Gasteiger partial charge on any atom is -0.499 e. The summed E-state index contributed by atoms with van der Waals surface area (Å²) in [5.41, 5.74) is 0. The fraction of sp³-hybridized carbons (Fsp3) is 0.920. The number of rotatable bonds is 24. The Labute approximate surface area is 204 Å². The molecule has 0 radical (unpaired) electrons. The van der Waals surface area contributed by atoms with Crippen molar-refractivity contribution in [2.24, 2.45) is 0 Å². The zero-order valence-corrected chi connectivity index (χ0v) is 23.0. The third-order valence-electron chi connectivity index (χ3n) is 5.47. The van der Waals surface area contributed by atoms with Crippen LogP contribution in [0.1, 0.15) is 90.4 Å². The van der Waals surface area contributed by atoms with Gasteiger partial charge in [-0.1, -0.05) is 77.6 Å². The molecule has 2 atom stereocenters. The van der Waals surface area contributed by atoms with Gasteiger partial charge in [-0.05, 0) is 18.9 Å². The van der Waals surface area contributed by atoms with Crippen LogP contribution in [0.4, 0.5) is 0 Å². The summed E-state index contributed by atoms with van der Waals surface area (Å²) in [5.74, 6) is 0. The molecular weight excluding hydrogens is 441 g/mol. The molecule has 7 nitrogen and oxygen atoms in total. The molecule has 8 heteroatoms. The van der Waals surface area contributed by atoms with Gasteiger partial charge in [0.05, 0.1) is 34.0 Å². The number of hydrogen-bond donors (Lipinski definition) is 1. The second kappa shape index (κ2) is 20.9. The van der Waals surface area contributed by atoms with Gasteiger partial charge >= 0.3 is 7.82 Å². The Bertz CT molecular complexity index is 510. The third kappa shape index (κ3) is 24.5. The SMILES string of the molecule is CCCCCCCCCCCCCC/C=C\OCC(COP(=O)(O)OCC[N+](C)(C)C)OC. The number of allylic oxidation sites excluding steroid dienone is 1. The first-order valence-corrected chi connectivity index (χ1v) is 14.4. The van der Waals surface area contributed by atoms with Crippen molar-refractivity contribution < 1.29 is 32.5 Å². The molecule has 0 aromatic heterocycles. The summed E-state index contributed by atoms with van der Waals surface area (Å²) in [6, 6.07) is 0. The van der Waals surface area contributed by atoms with Gasteiger partial charge in [-0.3, -0.25) is 9.05 Å². The van der Waals surface area contributed by atoms with Crippen LogP contribution >= 0.6 is 7.82 Å². The average Bonchev–Trinajstić information content (AvgIpc) is 2.74. The normalized spacial score (nSPS) is 15.1. The Morgan fingerprint density at radius 2 is 1.39 bits per heavy atom. The molecule has 0 amide bonds. The lowest BCUT2D eigenvalue weighted by Gasteiger charge is -2.24. The van der Waals surface area contributed by atoms with Crippen LogP contribution in [-0.4, -0.2) is 70.1 Å². The summed E-state index contributed by atoms with van der Waals surface area (Å²) >= 11 is 0. The summed E-state index contributed by atoms with van der Waals surface area (Å²) in [5, 5.41) is 0. The summed E-state index contributed by atoms with van der Waals surface area (Å²) in [6.45, 7) is 3.20. The lowest BCUT2D eigenvalue weighted by molar-refractivity contribution is -0.870. The van der Waals surface area contributed by atoms with Crippen molar-refractivity contribution in [1.82, 2.24) is 0 Å². The highest BCUT2D eigenvalue weighted by molar-refractivity contribution is 7.47. The highest BCUT2D eigenvalue weighted by Crippen LogP contribution is 2.43. The molecule has 2 unspecified atom stereocenters. The van der Waals surface area contributed by atoms with Crippen molar-refractivity contribution in [1.29, 1.82) is 0 Å². The molecule has 0 aliphatic carbocycles. The first kappa shape index (κ1) is 32.6. The molecule has 0 saturated heterocycles. The monoisotopic (exact) mass is 494 g/mol. The van der Waals surface area contributed by atoms with Crippen LogP contribution in [0.3, 0.4) is 0 Å². The first-order chi connectivity index (χ1) is 15.7. The molecule has 33 heavy (non-hydrogen) atoms. The zero-order valence-electron chi connectivity index (χ0n) is 22.1. The van der Waals surface area contributed by atoms with Crippen molar-refractivity contribution in [3.63, 3.8) is 0 Å². The molecule has 198 valence electrons. The molecular formula is C25H53NO6P+. The van der Waals surface area contributed by atoms with Gasteiger partial charge in [-0.15, -0.1) is 0 Å². The van der Waals surface area contributed by atoms with Crippen LogP contribution in [0.5, 0.6) is 0 Å². The Kier molecular flexibility index (Phi) is 20.6. The maximum absolute atomic E-state index is 11.9. The number of quaternary nitrogens is 1. The highest BCUT2D eigenvalue weighted by Gasteiger charge is 2.24. The Morgan fingerprint density at radius 1 is 0.848 bits per heavy atom. The largest absolute Gasteiger partial charge is 0.499 e. The minimum atomic E-state index is -4.09. The number of phosphoric acid groups is 1. The third-order valence-corrected chi connectivity index (χ3v) is 6.46. The number of likely N-dealkylation sites (N-methyl/N-ethyl adjacent to an activating group) is 1. The number of unbranched alkanes of at least 4 members (excludes halogenated alkanes) is 12. The first-order valence-electron chi connectivity index (χ1n) is 12.9. The van der Waals surface area contributed by atoms with Gasteiger partial charge in [0.25, 0.3) is 0 Å². The molecule has 0 aromatic carbocycles. The second-order valence-corrected chi connectivity index (χ2v) is 11.3. The Morgan fingerprint density at radius 3 is 1.91 bits per heavy atom. The van der Waals surface area contributed by atoms with Crippen molar-refractivity contribution in [2.75, 3.05) is 54.6 Å². The molecule has 0 aliphatic rings. The van der Waals surface area contributed by atoms with Crippen LogP contribution in [0.15, 0.2) is 12.3 Å². The van der Waals surface area contributed by atoms with Gasteiger partial charge in [0, 0.05) is 7.11 Å². The lowest BCUT2D eigenvalue weighted by Crippen LogP contribution is -2.37. The summed E-state index contributed by atoms with van der Waals surface area (Å²) < 4.78 is 33.3. The smallest absolute Gasteiger partial charge is 0.472 e. The maximum atomic E-state index is 11.9. The molecule has 0 spiro atoms. The van der Waals surface area contributed by atoms with E-state index in [4.69, 9.17) is 18.5 Å². The van der Waals surface area contributed by atoms with Crippen LogP contribution < -0.4 is 0 Å². The molecule has 0 bridgehead atoms. The van der Waals surface area contributed by atoms with E-state index in [0.717, 1.165) is 6.42 Å². The second-order valence-electron chi connectivity index (χ2n) is 9.85. The predicted molar refractivity (Wildman–Crippen MR) is 136 cm³/mol. The van der Waals surface area contributed by atoms with Crippen molar-refractivity contribution >= 4 is 7.82 Å². The standard InChI is InChI=1S/C25H52NO6P/c1-6-7-8-9-10-11-12-13-14-15-16-17-18-19-21-30-23-25(29-5)24-32-33(27,28)31-22-20-26(2,3)4/h19,21,25H,6-18,20,22-24H2,1-5H3/p+1/b21-19-. The van der Waals surface area contributed by atoms with Gasteiger partial charge in [0.1, 0.15) is 25.9 Å². The average molecular weight is 495 g/mol. The van der Waals surface area contributed by atoms with Crippen LogP contribution in [0.2, 0.25) is 0 Å². The maximum Gasteiger partial charge on any atom is 0.472 e. The van der Waals surface area contributed by atoms with Crippen LogP contribution in [-0.2, 0) is 23.1 Å². The minimum absolute atomic E-state index is 0.0682. The van der Waals surface area contributed by atoms with E-state index < -0.39 is 13.9 Å². The highest BCUT2D eigenvalue weighted by atomic mass is 31.2. The molecule has 0 rings (SSSR count). The van der Waals surface area contributed by atoms with Gasteiger partial charge < -0.3 is 18.9 Å². The summed E-state index contributed by atoms with van der Waals surface area (Å²) in [4.78, 5) is 9.76. The topological polar surface area (TPSA) is 74.2 Å². The van der Waals surface area contributed by atoms with E-state index >= 15 is 0 Å². The van der Waals surface area contributed by atoms with E-state index in [0.29, 0.717) is 11.0 Å². The summed E-state index contributed by atoms with van der Waals surface area (Å²) in [6.07, 6.45) is 20.4. The van der Waals surface area contributed by atoms with Gasteiger partial charge in [0.15, 0.2) is 0 Å². The number of hydrogen-bond acceptors (Lipinski definition) is 5. The number of nitrogens with zero attached hydrogens (tertiary/aromatic N) is 1. The molecule has 0 aromatic rings. The van der Waals surface area contributed by atoms with E-state index in [1.54, 1.807) is 6.26 Å². The number of phosphoric ester groups is 1. The molecule has 0 saturated carbocycles. The predicted octanol–water partition coefficient (Wildman–Crippen LogP) is 6.46. The van der Waals surface area contributed by atoms with Gasteiger partial charge in [-0.2, -0.15) is 0 Å². The Balaban J connectivity index is 3.64. The van der Waals surface area contributed by atoms with E-state index in [1.165, 1.54) is 84.2 Å². The lowest BCUT2D eigenvalue weighted by atomic mass is 10.0. The van der Waals surface area contributed by atoms with Gasteiger partial charge in [-0.25, -0.2) is 4.57 Å². The van der Waals surface area contributed by atoms with Crippen molar-refractivity contribution in [3.8, 4) is 0 Å². The van der Waals surface area contributed by atoms with Crippen LogP contribution in [0, 0.1) is 0 Å². The quantitative estimate of drug-likeness (QED) is 0.0718. The zero-order chi connectivity index (χ0) is 24.8. The van der Waals surface area contributed by atoms with Crippen LogP contribution in [0.25, 0.3) is 0 Å². The number of ether oxygens (including phenoxy) is 2. The molecule has 0 fully saturated rings. The molecule has 1 N–H and O–H groups in total. The number of methoxy groups -OCH3 is 1. The van der Waals surface area contributed by atoms with Crippen molar-refractivity contribution in [2.45, 2.75) is 96.5 Å².